The first-order valence-corrected chi connectivity index (χ1v) is 12.1. The van der Waals surface area contributed by atoms with E-state index in [1.165, 1.54) is 16.4 Å². The lowest BCUT2D eigenvalue weighted by Crippen LogP contribution is -2.40. The Balaban J connectivity index is 1.98. The van der Waals surface area contributed by atoms with Crippen molar-refractivity contribution < 1.29 is 22.7 Å². The normalized spacial score (nSPS) is 17.9. The van der Waals surface area contributed by atoms with Crippen LogP contribution in [0.3, 0.4) is 0 Å². The molecule has 1 aliphatic heterocycles. The molecule has 1 atom stereocenters. The van der Waals surface area contributed by atoms with Crippen LogP contribution < -0.4 is 4.90 Å². The van der Waals surface area contributed by atoms with Crippen LogP contribution in [0.15, 0.2) is 65.6 Å². The largest absolute Gasteiger partial charge is 0.478 e. The molecule has 0 aromatic heterocycles. The van der Waals surface area contributed by atoms with Crippen molar-refractivity contribution in [3.63, 3.8) is 0 Å². The summed E-state index contributed by atoms with van der Waals surface area (Å²) in [5.41, 5.74) is 1.34. The molecule has 1 aliphatic rings. The van der Waals surface area contributed by atoms with Crippen LogP contribution in [0.2, 0.25) is 5.02 Å². The topological polar surface area (TPSA) is 77.9 Å². The number of hydrogen-bond donors (Lipinski definition) is 1. The number of hydrogen-bond acceptors (Lipinski definition) is 4. The molecule has 0 aliphatic carbocycles. The van der Waals surface area contributed by atoms with E-state index in [0.29, 0.717) is 29.8 Å². The van der Waals surface area contributed by atoms with E-state index in [-0.39, 0.29) is 16.0 Å². The zero-order chi connectivity index (χ0) is 23.9. The van der Waals surface area contributed by atoms with E-state index < -0.39 is 27.4 Å². The minimum atomic E-state index is -3.90. The molecular weight excluding hydrogens is 467 g/mol. The molecule has 33 heavy (non-hydrogen) atoms. The van der Waals surface area contributed by atoms with Crippen molar-refractivity contribution in [2.24, 2.45) is 0 Å². The molecule has 0 radical (unpaired) electrons. The number of halogens is 2. The zero-order valence-corrected chi connectivity index (χ0v) is 19.6. The Hall–Kier alpha value is -2.94. The van der Waals surface area contributed by atoms with E-state index in [9.17, 15) is 22.7 Å². The van der Waals surface area contributed by atoms with Gasteiger partial charge in [-0.15, -0.1) is 0 Å². The summed E-state index contributed by atoms with van der Waals surface area (Å²) >= 11 is 6.60. The molecule has 6 nitrogen and oxygen atoms in total. The van der Waals surface area contributed by atoms with Gasteiger partial charge in [-0.25, -0.2) is 17.6 Å². The van der Waals surface area contributed by atoms with E-state index in [0.717, 1.165) is 17.8 Å². The third-order valence-electron chi connectivity index (χ3n) is 5.95. The molecule has 3 aromatic rings. The van der Waals surface area contributed by atoms with Crippen LogP contribution in [0, 0.1) is 5.82 Å². The minimum absolute atomic E-state index is 0.0467. The van der Waals surface area contributed by atoms with Gasteiger partial charge in [-0.1, -0.05) is 42.8 Å². The highest BCUT2D eigenvalue weighted by Crippen LogP contribution is 2.43. The number of carboxylic acids is 1. The van der Waals surface area contributed by atoms with Crippen molar-refractivity contribution >= 4 is 39.0 Å². The molecule has 1 unspecified atom stereocenters. The Morgan fingerprint density at radius 3 is 2.48 bits per heavy atom. The summed E-state index contributed by atoms with van der Waals surface area (Å²) in [5, 5.41) is 9.52. The number of carbonyl (C=O) groups is 1. The molecule has 0 amide bonds. The number of para-hydroxylation sites is 1. The van der Waals surface area contributed by atoms with Crippen LogP contribution in [0.25, 0.3) is 11.1 Å². The average molecular weight is 489 g/mol. The summed E-state index contributed by atoms with van der Waals surface area (Å²) in [6.45, 7) is 2.36. The number of rotatable bonds is 4. The van der Waals surface area contributed by atoms with Gasteiger partial charge in [0.15, 0.2) is 0 Å². The predicted octanol–water partition coefficient (Wildman–Crippen LogP) is 5.40. The van der Waals surface area contributed by atoms with Gasteiger partial charge >= 0.3 is 5.97 Å². The molecule has 0 saturated heterocycles. The summed E-state index contributed by atoms with van der Waals surface area (Å²) in [7, 11) is -2.35. The summed E-state index contributed by atoms with van der Waals surface area (Å²) in [6, 6.07) is 15.7. The first kappa shape index (κ1) is 23.2. The number of fused-ring (bicyclic) bond motifs is 1. The number of sulfonamides is 1. The van der Waals surface area contributed by atoms with Gasteiger partial charge < -0.3 is 10.0 Å². The lowest BCUT2D eigenvalue weighted by atomic mass is 10.0. The van der Waals surface area contributed by atoms with E-state index in [2.05, 4.69) is 0 Å². The number of anilines is 2. The van der Waals surface area contributed by atoms with Gasteiger partial charge in [0.05, 0.1) is 16.3 Å². The molecule has 3 aromatic carbocycles. The molecule has 0 fully saturated rings. The second-order valence-electron chi connectivity index (χ2n) is 7.83. The number of nitrogens with zero attached hydrogens (tertiary/aromatic N) is 2. The molecule has 1 N–H and O–H groups in total. The number of aromatic carboxylic acids is 1. The number of likely N-dealkylation sites (N-methyl/N-ethyl adjacent to an activating group) is 1. The minimum Gasteiger partial charge on any atom is -0.478 e. The van der Waals surface area contributed by atoms with Crippen LogP contribution in [0.4, 0.5) is 15.8 Å². The van der Waals surface area contributed by atoms with Gasteiger partial charge in [-0.2, -0.15) is 4.31 Å². The van der Waals surface area contributed by atoms with E-state index >= 15 is 0 Å². The summed E-state index contributed by atoms with van der Waals surface area (Å²) in [6.07, 6.45) is 0.605. The SMILES string of the molecule is CCC1CN(c2ccccc2)c2cc(Cl)c(-c3ccc(F)c(C(=O)O)c3)cc2S(=O)(=O)N1C. The van der Waals surface area contributed by atoms with E-state index in [4.69, 9.17) is 11.6 Å². The van der Waals surface area contributed by atoms with E-state index in [1.807, 2.05) is 42.2 Å². The molecule has 1 heterocycles. The van der Waals surface area contributed by atoms with Crippen LogP contribution in [-0.4, -0.2) is 43.4 Å². The second-order valence-corrected chi connectivity index (χ2v) is 10.2. The van der Waals surface area contributed by atoms with Gasteiger partial charge in [0, 0.05) is 30.9 Å². The average Bonchev–Trinajstić information content (AvgIpc) is 2.87. The maximum atomic E-state index is 13.9. The quantitative estimate of drug-likeness (QED) is 0.532. The van der Waals surface area contributed by atoms with Crippen LogP contribution in [0.1, 0.15) is 23.7 Å². The number of benzene rings is 3. The lowest BCUT2D eigenvalue weighted by Gasteiger charge is -2.29. The molecular formula is C24H22ClFN2O4S. The molecule has 4 rings (SSSR count). The van der Waals surface area contributed by atoms with Crippen molar-refractivity contribution in [2.75, 3.05) is 18.5 Å². The second kappa shape index (κ2) is 8.78. The van der Waals surface area contributed by atoms with Crippen LogP contribution in [0.5, 0.6) is 0 Å². The molecule has 9 heteroatoms. The smallest absolute Gasteiger partial charge is 0.338 e. The maximum Gasteiger partial charge on any atom is 0.338 e. The standard InChI is InChI=1S/C24H22ClFN2O4S/c1-3-16-14-28(17-7-5-4-6-8-17)22-13-20(25)18(12-23(22)33(31,32)27(16)2)15-9-10-21(26)19(11-15)24(29)30/h4-13,16H,3,14H2,1-2H3,(H,29,30). The molecule has 172 valence electrons. The molecule has 0 spiro atoms. The third kappa shape index (κ3) is 4.10. The highest BCUT2D eigenvalue weighted by atomic mass is 35.5. The Labute approximate surface area is 196 Å². The zero-order valence-electron chi connectivity index (χ0n) is 18.0. The Morgan fingerprint density at radius 1 is 1.15 bits per heavy atom. The van der Waals surface area contributed by atoms with Crippen molar-refractivity contribution in [2.45, 2.75) is 24.3 Å². The van der Waals surface area contributed by atoms with Gasteiger partial charge in [0.1, 0.15) is 10.7 Å². The predicted molar refractivity (Wildman–Crippen MR) is 126 cm³/mol. The van der Waals surface area contributed by atoms with E-state index in [1.54, 1.807) is 13.1 Å². The Bertz CT molecular complexity index is 1330. The third-order valence-corrected chi connectivity index (χ3v) is 8.20. The van der Waals surface area contributed by atoms with Crippen LogP contribution >= 0.6 is 11.6 Å². The summed E-state index contributed by atoms with van der Waals surface area (Å²) < 4.78 is 42.5. The van der Waals surface area contributed by atoms with Gasteiger partial charge in [0.25, 0.3) is 0 Å². The first-order valence-electron chi connectivity index (χ1n) is 10.3. The van der Waals surface area contributed by atoms with Crippen molar-refractivity contribution in [3.8, 4) is 11.1 Å². The maximum absolute atomic E-state index is 13.9. The number of carboxylic acid groups (broad SMARTS) is 1. The Morgan fingerprint density at radius 2 is 1.85 bits per heavy atom. The van der Waals surface area contributed by atoms with Gasteiger partial charge in [-0.3, -0.25) is 0 Å². The lowest BCUT2D eigenvalue weighted by molar-refractivity contribution is 0.0692. The highest BCUT2D eigenvalue weighted by Gasteiger charge is 2.37. The Kier molecular flexibility index (Phi) is 6.18. The molecule has 0 saturated carbocycles. The van der Waals surface area contributed by atoms with Gasteiger partial charge in [0.2, 0.25) is 10.0 Å². The fourth-order valence-electron chi connectivity index (χ4n) is 4.05. The fraction of sp³-hybridized carbons (Fsp3) is 0.208. The van der Waals surface area contributed by atoms with Crippen molar-refractivity contribution in [1.29, 1.82) is 0 Å². The van der Waals surface area contributed by atoms with Crippen molar-refractivity contribution in [3.05, 3.63) is 77.1 Å². The van der Waals surface area contributed by atoms with Crippen LogP contribution in [-0.2, 0) is 10.0 Å². The monoisotopic (exact) mass is 488 g/mol. The summed E-state index contributed by atoms with van der Waals surface area (Å²) in [4.78, 5) is 13.4. The van der Waals surface area contributed by atoms with Gasteiger partial charge in [-0.05, 0) is 48.4 Å². The first-order chi connectivity index (χ1) is 15.6. The highest BCUT2D eigenvalue weighted by molar-refractivity contribution is 7.89. The fourth-order valence-corrected chi connectivity index (χ4v) is 5.94. The molecule has 0 bridgehead atoms. The summed E-state index contributed by atoms with van der Waals surface area (Å²) in [5.74, 6) is -2.31. The van der Waals surface area contributed by atoms with Crippen molar-refractivity contribution in [1.82, 2.24) is 4.31 Å².